The first-order valence-corrected chi connectivity index (χ1v) is 5.47. The fourth-order valence-corrected chi connectivity index (χ4v) is 2.61. The lowest BCUT2D eigenvalue weighted by atomic mass is 9.75. The van der Waals surface area contributed by atoms with E-state index in [9.17, 15) is 5.11 Å². The monoisotopic (exact) mass is 168 g/mol. The molecule has 0 heterocycles. The molecule has 2 fully saturated rings. The van der Waals surface area contributed by atoms with Crippen molar-refractivity contribution in [3.63, 3.8) is 0 Å². The third kappa shape index (κ3) is 1.52. The Balaban J connectivity index is 1.87. The highest BCUT2D eigenvalue weighted by molar-refractivity contribution is 4.97. The molecule has 0 atom stereocenters. The van der Waals surface area contributed by atoms with E-state index in [0.29, 0.717) is 5.92 Å². The van der Waals surface area contributed by atoms with Crippen LogP contribution in [0.25, 0.3) is 0 Å². The van der Waals surface area contributed by atoms with Gasteiger partial charge in [-0.25, -0.2) is 0 Å². The Morgan fingerprint density at radius 2 is 1.75 bits per heavy atom. The van der Waals surface area contributed by atoms with Crippen molar-refractivity contribution >= 4 is 0 Å². The average Bonchev–Trinajstić information content (AvgIpc) is 2.88. The smallest absolute Gasteiger partial charge is 0.0676 e. The minimum Gasteiger partial charge on any atom is -0.390 e. The normalized spacial score (nSPS) is 43.0. The van der Waals surface area contributed by atoms with E-state index < -0.39 is 0 Å². The Hall–Kier alpha value is -0.0400. The van der Waals surface area contributed by atoms with Crippen molar-refractivity contribution in [1.82, 2.24) is 0 Å². The minimum absolute atomic E-state index is 0.230. The fraction of sp³-hybridized carbons (Fsp3) is 1.00. The summed E-state index contributed by atoms with van der Waals surface area (Å²) in [7, 11) is 0. The van der Waals surface area contributed by atoms with Crippen molar-refractivity contribution in [1.29, 1.82) is 0 Å². The highest BCUT2D eigenvalue weighted by atomic mass is 16.3. The largest absolute Gasteiger partial charge is 0.390 e. The van der Waals surface area contributed by atoms with Crippen LogP contribution in [-0.2, 0) is 0 Å². The van der Waals surface area contributed by atoms with E-state index in [1.165, 1.54) is 32.1 Å². The van der Waals surface area contributed by atoms with Crippen LogP contribution in [0.5, 0.6) is 0 Å². The molecular formula is C11H20O. The standard InChI is InChI=1S/C11H20O/c1-2-9-5-7-11(12,8-6-9)10-3-4-10/h9-10,12H,2-8H2,1H3. The van der Waals surface area contributed by atoms with Gasteiger partial charge >= 0.3 is 0 Å². The lowest BCUT2D eigenvalue weighted by molar-refractivity contribution is -0.0291. The summed E-state index contributed by atoms with van der Waals surface area (Å²) in [6, 6.07) is 0. The maximum atomic E-state index is 10.2. The first-order chi connectivity index (χ1) is 5.74. The topological polar surface area (TPSA) is 20.2 Å². The molecule has 2 aliphatic rings. The van der Waals surface area contributed by atoms with Crippen molar-refractivity contribution in [3.05, 3.63) is 0 Å². The van der Waals surface area contributed by atoms with Gasteiger partial charge < -0.3 is 5.11 Å². The maximum absolute atomic E-state index is 10.2. The zero-order valence-corrected chi connectivity index (χ0v) is 8.05. The molecule has 2 saturated carbocycles. The molecular weight excluding hydrogens is 148 g/mol. The maximum Gasteiger partial charge on any atom is 0.0676 e. The minimum atomic E-state index is -0.230. The van der Waals surface area contributed by atoms with Crippen molar-refractivity contribution in [3.8, 4) is 0 Å². The van der Waals surface area contributed by atoms with Gasteiger partial charge in [-0.05, 0) is 50.4 Å². The molecule has 2 rings (SSSR count). The van der Waals surface area contributed by atoms with Crippen LogP contribution in [0.4, 0.5) is 0 Å². The predicted octanol–water partition coefficient (Wildman–Crippen LogP) is 2.73. The summed E-state index contributed by atoms with van der Waals surface area (Å²) in [4.78, 5) is 0. The molecule has 0 unspecified atom stereocenters. The van der Waals surface area contributed by atoms with E-state index in [4.69, 9.17) is 0 Å². The molecule has 70 valence electrons. The van der Waals surface area contributed by atoms with Gasteiger partial charge in [0.25, 0.3) is 0 Å². The Morgan fingerprint density at radius 1 is 1.17 bits per heavy atom. The zero-order valence-electron chi connectivity index (χ0n) is 8.05. The van der Waals surface area contributed by atoms with Gasteiger partial charge in [-0.1, -0.05) is 13.3 Å². The van der Waals surface area contributed by atoms with Crippen molar-refractivity contribution in [2.45, 2.75) is 57.5 Å². The summed E-state index contributed by atoms with van der Waals surface area (Å²) in [6.07, 6.45) is 8.57. The summed E-state index contributed by atoms with van der Waals surface area (Å²) in [6.45, 7) is 2.27. The summed E-state index contributed by atoms with van der Waals surface area (Å²) in [5, 5.41) is 10.2. The van der Waals surface area contributed by atoms with Gasteiger partial charge in [-0.15, -0.1) is 0 Å². The highest BCUT2D eigenvalue weighted by Crippen LogP contribution is 2.48. The summed E-state index contributed by atoms with van der Waals surface area (Å²) < 4.78 is 0. The van der Waals surface area contributed by atoms with Gasteiger partial charge in [-0.3, -0.25) is 0 Å². The van der Waals surface area contributed by atoms with Crippen LogP contribution in [0.15, 0.2) is 0 Å². The van der Waals surface area contributed by atoms with Crippen molar-refractivity contribution in [2.75, 3.05) is 0 Å². The molecule has 0 bridgehead atoms. The molecule has 2 aliphatic carbocycles. The lowest BCUT2D eigenvalue weighted by Gasteiger charge is -2.36. The SMILES string of the molecule is CCC1CCC(O)(C2CC2)CC1. The van der Waals surface area contributed by atoms with Crippen LogP contribution in [-0.4, -0.2) is 10.7 Å². The van der Waals surface area contributed by atoms with Crippen LogP contribution in [0.1, 0.15) is 51.9 Å². The van der Waals surface area contributed by atoms with E-state index in [0.717, 1.165) is 18.8 Å². The van der Waals surface area contributed by atoms with Crippen molar-refractivity contribution < 1.29 is 5.11 Å². The van der Waals surface area contributed by atoms with Gasteiger partial charge in [0.1, 0.15) is 0 Å². The van der Waals surface area contributed by atoms with Gasteiger partial charge in [0, 0.05) is 0 Å². The predicted molar refractivity (Wildman–Crippen MR) is 49.9 cm³/mol. The third-order valence-electron chi connectivity index (χ3n) is 3.89. The molecule has 0 aliphatic heterocycles. The molecule has 0 radical (unpaired) electrons. The molecule has 0 amide bonds. The van der Waals surface area contributed by atoms with Crippen LogP contribution in [0.2, 0.25) is 0 Å². The molecule has 0 saturated heterocycles. The Labute approximate surface area is 75.2 Å². The van der Waals surface area contributed by atoms with Gasteiger partial charge in [0.05, 0.1) is 5.60 Å². The van der Waals surface area contributed by atoms with E-state index in [1.807, 2.05) is 0 Å². The Kier molecular flexibility index (Phi) is 2.16. The second-order valence-corrected chi connectivity index (χ2v) is 4.73. The molecule has 1 heteroatoms. The van der Waals surface area contributed by atoms with Crippen LogP contribution >= 0.6 is 0 Å². The first kappa shape index (κ1) is 8.55. The number of aliphatic hydroxyl groups is 1. The van der Waals surface area contributed by atoms with Crippen LogP contribution < -0.4 is 0 Å². The molecule has 1 N–H and O–H groups in total. The van der Waals surface area contributed by atoms with Gasteiger partial charge in [0.15, 0.2) is 0 Å². The first-order valence-electron chi connectivity index (χ1n) is 5.47. The van der Waals surface area contributed by atoms with Gasteiger partial charge in [-0.2, -0.15) is 0 Å². The van der Waals surface area contributed by atoms with Gasteiger partial charge in [0.2, 0.25) is 0 Å². The van der Waals surface area contributed by atoms with E-state index >= 15 is 0 Å². The second kappa shape index (κ2) is 3.02. The number of rotatable bonds is 2. The summed E-state index contributed by atoms with van der Waals surface area (Å²) >= 11 is 0. The van der Waals surface area contributed by atoms with Crippen LogP contribution in [0.3, 0.4) is 0 Å². The Bertz CT molecular complexity index is 152. The molecule has 0 aromatic heterocycles. The highest BCUT2D eigenvalue weighted by Gasteiger charge is 2.45. The second-order valence-electron chi connectivity index (χ2n) is 4.73. The molecule has 0 spiro atoms. The average molecular weight is 168 g/mol. The molecule has 12 heavy (non-hydrogen) atoms. The lowest BCUT2D eigenvalue weighted by Crippen LogP contribution is -2.36. The third-order valence-corrected chi connectivity index (χ3v) is 3.89. The number of hydrogen-bond acceptors (Lipinski definition) is 1. The zero-order chi connectivity index (χ0) is 8.60. The molecule has 0 aromatic rings. The van der Waals surface area contributed by atoms with Crippen molar-refractivity contribution in [2.24, 2.45) is 11.8 Å². The Morgan fingerprint density at radius 3 is 2.17 bits per heavy atom. The molecule has 0 aromatic carbocycles. The van der Waals surface area contributed by atoms with Crippen LogP contribution in [0, 0.1) is 11.8 Å². The summed E-state index contributed by atoms with van der Waals surface area (Å²) in [5.74, 6) is 1.58. The van der Waals surface area contributed by atoms with E-state index in [-0.39, 0.29) is 5.60 Å². The number of hydrogen-bond donors (Lipinski definition) is 1. The van der Waals surface area contributed by atoms with E-state index in [1.54, 1.807) is 0 Å². The fourth-order valence-electron chi connectivity index (χ4n) is 2.61. The molecule has 1 nitrogen and oxygen atoms in total. The summed E-state index contributed by atoms with van der Waals surface area (Å²) in [5.41, 5.74) is -0.230. The van der Waals surface area contributed by atoms with E-state index in [2.05, 4.69) is 6.92 Å². The quantitative estimate of drug-likeness (QED) is 0.672.